The number of ketones is 1. The van der Waals surface area contributed by atoms with Crippen LogP contribution < -0.4 is 11.1 Å². The largest absolute Gasteiger partial charge is 0.397 e. The van der Waals surface area contributed by atoms with Gasteiger partial charge in [-0.05, 0) is 31.6 Å². The molecule has 0 radical (unpaired) electrons. The smallest absolute Gasteiger partial charge is 0.178 e. The number of Topliss-reactive ketones (excluding diaryl/α,β-unsaturated/α-hetero) is 1. The highest BCUT2D eigenvalue weighted by Crippen LogP contribution is 2.52. The number of aromatic amines is 1. The number of rotatable bonds is 6. The minimum atomic E-state index is 0.222. The molecule has 2 aliphatic rings. The lowest BCUT2D eigenvalue weighted by atomic mass is 10.1. The van der Waals surface area contributed by atoms with Gasteiger partial charge in [-0.2, -0.15) is 5.10 Å². The molecular weight excluding hydrogens is 284 g/mol. The highest BCUT2D eigenvalue weighted by molar-refractivity contribution is 7.18. The van der Waals surface area contributed by atoms with E-state index in [1.807, 2.05) is 6.20 Å². The van der Waals surface area contributed by atoms with Gasteiger partial charge in [0.25, 0.3) is 0 Å². The molecule has 5 nitrogen and oxygen atoms in total. The molecule has 0 amide bonds. The lowest BCUT2D eigenvalue weighted by molar-refractivity contribution is 0.0972. The number of H-pyrrole nitrogens is 1. The number of hydrogen-bond acceptors (Lipinski definition) is 5. The average molecular weight is 302 g/mol. The van der Waals surface area contributed by atoms with Crippen molar-refractivity contribution in [2.24, 2.45) is 5.92 Å². The van der Waals surface area contributed by atoms with Gasteiger partial charge in [0.15, 0.2) is 5.78 Å². The zero-order valence-electron chi connectivity index (χ0n) is 11.7. The van der Waals surface area contributed by atoms with Crippen LogP contribution in [-0.2, 0) is 6.54 Å². The van der Waals surface area contributed by atoms with Crippen molar-refractivity contribution in [2.45, 2.75) is 38.1 Å². The van der Waals surface area contributed by atoms with Crippen LogP contribution in [0.5, 0.6) is 0 Å². The third kappa shape index (κ3) is 2.44. The van der Waals surface area contributed by atoms with Crippen molar-refractivity contribution >= 4 is 27.8 Å². The van der Waals surface area contributed by atoms with Gasteiger partial charge in [-0.15, -0.1) is 11.3 Å². The predicted molar refractivity (Wildman–Crippen MR) is 83.7 cm³/mol. The number of aromatic nitrogens is 2. The van der Waals surface area contributed by atoms with Crippen LogP contribution >= 0.6 is 11.3 Å². The summed E-state index contributed by atoms with van der Waals surface area (Å²) in [6, 6.07) is 0. The Morgan fingerprint density at radius 2 is 2.24 bits per heavy atom. The van der Waals surface area contributed by atoms with Crippen LogP contribution in [0.3, 0.4) is 0 Å². The van der Waals surface area contributed by atoms with Crippen LogP contribution in [0.4, 0.5) is 10.7 Å². The third-order valence-corrected chi connectivity index (χ3v) is 5.34. The van der Waals surface area contributed by atoms with Crippen LogP contribution in [0.2, 0.25) is 0 Å². The molecule has 21 heavy (non-hydrogen) atoms. The summed E-state index contributed by atoms with van der Waals surface area (Å²) in [5.74, 6) is 1.00. The number of anilines is 2. The number of nitrogens with two attached hydrogens (primary N) is 1. The average Bonchev–Trinajstić information content (AvgIpc) is 3.40. The monoisotopic (exact) mass is 302 g/mol. The van der Waals surface area contributed by atoms with Crippen molar-refractivity contribution < 1.29 is 4.79 Å². The molecule has 0 atom stereocenters. The molecule has 0 saturated heterocycles. The zero-order chi connectivity index (χ0) is 14.4. The Morgan fingerprint density at radius 3 is 2.86 bits per heavy atom. The van der Waals surface area contributed by atoms with E-state index in [1.165, 1.54) is 29.7 Å². The minimum absolute atomic E-state index is 0.222. The Labute approximate surface area is 126 Å². The second-order valence-corrected chi connectivity index (χ2v) is 6.98. The first-order valence-corrected chi connectivity index (χ1v) is 8.23. The molecule has 0 bridgehead atoms. The molecule has 110 valence electrons. The number of carbonyl (C=O) groups is 1. The molecule has 6 heteroatoms. The highest BCUT2D eigenvalue weighted by atomic mass is 32.1. The maximum Gasteiger partial charge on any atom is 0.178 e. The topological polar surface area (TPSA) is 83.8 Å². The van der Waals surface area contributed by atoms with Gasteiger partial charge in [0, 0.05) is 29.8 Å². The first-order chi connectivity index (χ1) is 10.2. The minimum Gasteiger partial charge on any atom is -0.397 e. The van der Waals surface area contributed by atoms with Gasteiger partial charge < -0.3 is 11.1 Å². The number of hydrogen-bond donors (Lipinski definition) is 3. The molecule has 2 saturated carbocycles. The normalized spacial score (nSPS) is 17.9. The molecule has 0 aliphatic heterocycles. The number of nitrogen functional groups attached to an aromatic ring is 1. The van der Waals surface area contributed by atoms with Crippen LogP contribution in [0.1, 0.15) is 52.4 Å². The molecule has 2 fully saturated rings. The third-order valence-electron chi connectivity index (χ3n) is 4.15. The van der Waals surface area contributed by atoms with E-state index < -0.39 is 0 Å². The molecule has 2 aliphatic carbocycles. The standard InChI is InChI=1S/C15H18N4OS/c16-12-11(9-1-2-9)15(17-5-8-6-18-19-7-8)21-14(12)13(20)10-3-4-10/h6-7,9-10,17H,1-5,16H2,(H,18,19). The number of thiophene rings is 1. The van der Waals surface area contributed by atoms with Crippen molar-refractivity contribution in [1.82, 2.24) is 10.2 Å². The molecule has 0 spiro atoms. The van der Waals surface area contributed by atoms with Crippen molar-refractivity contribution in [2.75, 3.05) is 11.1 Å². The Morgan fingerprint density at radius 1 is 1.43 bits per heavy atom. The van der Waals surface area contributed by atoms with Crippen LogP contribution in [0.25, 0.3) is 0 Å². The highest BCUT2D eigenvalue weighted by Gasteiger charge is 2.37. The fourth-order valence-corrected chi connectivity index (χ4v) is 3.86. The Kier molecular flexibility index (Phi) is 2.99. The van der Waals surface area contributed by atoms with Crippen molar-refractivity contribution in [3.63, 3.8) is 0 Å². The molecule has 4 rings (SSSR count). The number of nitrogens with one attached hydrogen (secondary N) is 2. The SMILES string of the molecule is Nc1c(C(=O)C2CC2)sc(NCc2cn[nH]c2)c1C1CC1. The summed E-state index contributed by atoms with van der Waals surface area (Å²) in [5, 5.41) is 11.3. The van der Waals surface area contributed by atoms with Gasteiger partial charge in [-0.3, -0.25) is 9.89 Å². The molecular formula is C15H18N4OS. The van der Waals surface area contributed by atoms with E-state index in [9.17, 15) is 4.79 Å². The fourth-order valence-electron chi connectivity index (χ4n) is 2.64. The maximum absolute atomic E-state index is 12.4. The van der Waals surface area contributed by atoms with E-state index in [-0.39, 0.29) is 11.7 Å². The van der Waals surface area contributed by atoms with Crippen molar-refractivity contribution in [3.05, 3.63) is 28.4 Å². The van der Waals surface area contributed by atoms with Crippen LogP contribution in [0, 0.1) is 5.92 Å². The Hall–Kier alpha value is -1.82. The van der Waals surface area contributed by atoms with E-state index in [4.69, 9.17) is 5.73 Å². The summed E-state index contributed by atoms with van der Waals surface area (Å²) in [5.41, 5.74) is 9.29. The van der Waals surface area contributed by atoms with E-state index in [1.54, 1.807) is 6.20 Å². The van der Waals surface area contributed by atoms with Gasteiger partial charge >= 0.3 is 0 Å². The summed E-state index contributed by atoms with van der Waals surface area (Å²) < 4.78 is 0. The zero-order valence-corrected chi connectivity index (χ0v) is 12.5. The van der Waals surface area contributed by atoms with Gasteiger partial charge in [0.05, 0.1) is 21.8 Å². The number of carbonyl (C=O) groups excluding carboxylic acids is 1. The van der Waals surface area contributed by atoms with E-state index >= 15 is 0 Å². The summed E-state index contributed by atoms with van der Waals surface area (Å²) in [4.78, 5) is 13.1. The Bertz CT molecular complexity index is 668. The predicted octanol–water partition coefficient (Wildman–Crippen LogP) is 3.14. The van der Waals surface area contributed by atoms with Crippen molar-refractivity contribution in [1.29, 1.82) is 0 Å². The summed E-state index contributed by atoms with van der Waals surface area (Å²) in [6.45, 7) is 0.702. The molecule has 0 aromatic carbocycles. The fraction of sp³-hybridized carbons (Fsp3) is 0.467. The molecule has 2 aromatic rings. The molecule has 2 heterocycles. The summed E-state index contributed by atoms with van der Waals surface area (Å²) in [7, 11) is 0. The second kappa shape index (κ2) is 4.87. The second-order valence-electron chi connectivity index (χ2n) is 5.96. The van der Waals surface area contributed by atoms with Gasteiger partial charge in [-0.1, -0.05) is 0 Å². The first-order valence-electron chi connectivity index (χ1n) is 7.42. The van der Waals surface area contributed by atoms with Gasteiger partial charge in [0.2, 0.25) is 0 Å². The van der Waals surface area contributed by atoms with Gasteiger partial charge in [0.1, 0.15) is 0 Å². The lowest BCUT2D eigenvalue weighted by Crippen LogP contribution is -2.03. The number of nitrogens with zero attached hydrogens (tertiary/aromatic N) is 1. The van der Waals surface area contributed by atoms with Crippen LogP contribution in [0.15, 0.2) is 12.4 Å². The first kappa shape index (κ1) is 12.9. The molecule has 4 N–H and O–H groups in total. The maximum atomic E-state index is 12.4. The molecule has 0 unspecified atom stereocenters. The molecule has 2 aromatic heterocycles. The van der Waals surface area contributed by atoms with E-state index in [2.05, 4.69) is 15.5 Å². The van der Waals surface area contributed by atoms with E-state index in [0.717, 1.165) is 34.0 Å². The van der Waals surface area contributed by atoms with E-state index in [0.29, 0.717) is 12.5 Å². The lowest BCUT2D eigenvalue weighted by Gasteiger charge is -2.05. The summed E-state index contributed by atoms with van der Waals surface area (Å²) >= 11 is 1.54. The quantitative estimate of drug-likeness (QED) is 0.716. The van der Waals surface area contributed by atoms with Crippen molar-refractivity contribution in [3.8, 4) is 0 Å². The van der Waals surface area contributed by atoms with Gasteiger partial charge in [-0.25, -0.2) is 0 Å². The van der Waals surface area contributed by atoms with Crippen LogP contribution in [-0.4, -0.2) is 16.0 Å². The Balaban J connectivity index is 1.61. The summed E-state index contributed by atoms with van der Waals surface area (Å²) in [6.07, 6.45) is 8.07.